The third-order valence-electron chi connectivity index (χ3n) is 7.25. The van der Waals surface area contributed by atoms with Gasteiger partial charge in [0.25, 0.3) is 0 Å². The molecule has 4 aromatic rings. The number of aromatic nitrogens is 4. The van der Waals surface area contributed by atoms with Crippen LogP contribution in [0.1, 0.15) is 32.6 Å². The molecule has 1 aromatic carbocycles. The maximum absolute atomic E-state index is 14.9. The predicted octanol–water partition coefficient (Wildman–Crippen LogP) is 4.57. The number of benzene rings is 1. The minimum atomic E-state index is -0.622. The van der Waals surface area contributed by atoms with E-state index in [0.717, 1.165) is 17.7 Å². The highest BCUT2D eigenvalue weighted by atomic mass is 32.1. The Morgan fingerprint density at radius 2 is 1.91 bits per heavy atom. The SMILES string of the molecule is CCOC(=O)C1CCN(C(=O)Cn2cc(-c3cc4nccc(Oc5ccc(NC(=O)NC6CC6)cc5F)c4s3)nn2)CC1. The third-order valence-corrected chi connectivity index (χ3v) is 8.42. The molecule has 0 spiro atoms. The molecule has 0 bridgehead atoms. The first kappa shape index (κ1) is 28.5. The lowest BCUT2D eigenvalue weighted by Crippen LogP contribution is -2.42. The predicted molar refractivity (Wildman–Crippen MR) is 156 cm³/mol. The van der Waals surface area contributed by atoms with Crippen LogP contribution in [0.5, 0.6) is 11.5 Å². The minimum absolute atomic E-state index is 0.00588. The maximum atomic E-state index is 14.9. The van der Waals surface area contributed by atoms with E-state index in [1.54, 1.807) is 36.4 Å². The quantitative estimate of drug-likeness (QED) is 0.264. The van der Waals surface area contributed by atoms with E-state index in [4.69, 9.17) is 9.47 Å². The van der Waals surface area contributed by atoms with Gasteiger partial charge in [-0.15, -0.1) is 16.4 Å². The van der Waals surface area contributed by atoms with Crippen molar-refractivity contribution in [3.63, 3.8) is 0 Å². The molecule has 3 amide bonds. The highest BCUT2D eigenvalue weighted by molar-refractivity contribution is 7.22. The van der Waals surface area contributed by atoms with Crippen LogP contribution in [0.4, 0.5) is 14.9 Å². The normalized spacial score (nSPS) is 15.3. The van der Waals surface area contributed by atoms with Crippen molar-refractivity contribution in [1.29, 1.82) is 0 Å². The summed E-state index contributed by atoms with van der Waals surface area (Å²) >= 11 is 1.36. The molecule has 0 atom stereocenters. The van der Waals surface area contributed by atoms with Crippen LogP contribution in [0.15, 0.2) is 42.7 Å². The van der Waals surface area contributed by atoms with Crippen LogP contribution in [0.3, 0.4) is 0 Å². The Kier molecular flexibility index (Phi) is 8.18. The molecule has 43 heavy (non-hydrogen) atoms. The highest BCUT2D eigenvalue weighted by Crippen LogP contribution is 2.39. The van der Waals surface area contributed by atoms with Crippen molar-refractivity contribution in [2.75, 3.05) is 25.0 Å². The Morgan fingerprint density at radius 1 is 1.09 bits per heavy atom. The molecule has 6 rings (SSSR count). The maximum Gasteiger partial charge on any atom is 0.319 e. The second-order valence-corrected chi connectivity index (χ2v) is 11.5. The lowest BCUT2D eigenvalue weighted by Gasteiger charge is -2.30. The molecule has 12 nitrogen and oxygen atoms in total. The fourth-order valence-corrected chi connectivity index (χ4v) is 5.85. The van der Waals surface area contributed by atoms with Gasteiger partial charge in [-0.2, -0.15) is 0 Å². The van der Waals surface area contributed by atoms with E-state index in [-0.39, 0.29) is 42.2 Å². The zero-order valence-corrected chi connectivity index (χ0v) is 24.2. The van der Waals surface area contributed by atoms with Crippen molar-refractivity contribution >= 4 is 45.1 Å². The van der Waals surface area contributed by atoms with E-state index in [9.17, 15) is 18.8 Å². The van der Waals surface area contributed by atoms with Crippen LogP contribution in [-0.2, 0) is 20.9 Å². The smallest absolute Gasteiger partial charge is 0.319 e. The van der Waals surface area contributed by atoms with E-state index in [2.05, 4.69) is 25.9 Å². The number of urea groups is 1. The molecule has 0 radical (unpaired) electrons. The number of hydrogen-bond acceptors (Lipinski definition) is 9. The van der Waals surface area contributed by atoms with Crippen molar-refractivity contribution in [2.24, 2.45) is 5.92 Å². The van der Waals surface area contributed by atoms with Crippen LogP contribution >= 0.6 is 11.3 Å². The van der Waals surface area contributed by atoms with Gasteiger partial charge in [0.05, 0.1) is 33.8 Å². The number of fused-ring (bicyclic) bond motifs is 1. The number of carbonyl (C=O) groups excluding carboxylic acids is 3. The summed E-state index contributed by atoms with van der Waals surface area (Å²) in [4.78, 5) is 43.7. The van der Waals surface area contributed by atoms with Gasteiger partial charge in [0, 0.05) is 43.1 Å². The molecule has 1 aliphatic carbocycles. The molecule has 2 fully saturated rings. The largest absolute Gasteiger partial charge is 0.466 e. The number of esters is 1. The van der Waals surface area contributed by atoms with E-state index >= 15 is 0 Å². The number of carbonyl (C=O) groups is 3. The van der Waals surface area contributed by atoms with Crippen LogP contribution in [0.25, 0.3) is 20.8 Å². The summed E-state index contributed by atoms with van der Waals surface area (Å²) in [5, 5.41) is 13.8. The first-order valence-corrected chi connectivity index (χ1v) is 15.0. The molecule has 224 valence electrons. The van der Waals surface area contributed by atoms with Gasteiger partial charge in [-0.25, -0.2) is 13.9 Å². The number of thiophene rings is 1. The monoisotopic (exact) mass is 607 g/mol. The molecule has 1 aliphatic heterocycles. The number of piperidine rings is 1. The average molecular weight is 608 g/mol. The number of ether oxygens (including phenoxy) is 2. The molecule has 1 saturated carbocycles. The molecule has 3 aromatic heterocycles. The van der Waals surface area contributed by atoms with Crippen molar-refractivity contribution < 1.29 is 28.2 Å². The second-order valence-electron chi connectivity index (χ2n) is 10.5. The van der Waals surface area contributed by atoms with Gasteiger partial charge in [-0.05, 0) is 50.8 Å². The lowest BCUT2D eigenvalue weighted by molar-refractivity contribution is -0.151. The Morgan fingerprint density at radius 3 is 2.65 bits per heavy atom. The number of amides is 3. The summed E-state index contributed by atoms with van der Waals surface area (Å²) in [7, 11) is 0. The number of anilines is 1. The van der Waals surface area contributed by atoms with E-state index in [1.165, 1.54) is 28.2 Å². The summed E-state index contributed by atoms with van der Waals surface area (Å²) in [5.41, 5.74) is 1.53. The first-order valence-electron chi connectivity index (χ1n) is 14.1. The van der Waals surface area contributed by atoms with Crippen molar-refractivity contribution in [3.05, 3.63) is 48.5 Å². The molecule has 1 saturated heterocycles. The van der Waals surface area contributed by atoms with Crippen LogP contribution in [0, 0.1) is 11.7 Å². The van der Waals surface area contributed by atoms with Gasteiger partial charge in [-0.1, -0.05) is 5.21 Å². The summed E-state index contributed by atoms with van der Waals surface area (Å²) in [6, 6.07) is 7.56. The Hall–Kier alpha value is -4.59. The fourth-order valence-electron chi connectivity index (χ4n) is 4.83. The average Bonchev–Trinajstić information content (AvgIpc) is 3.49. The van der Waals surface area contributed by atoms with Gasteiger partial charge < -0.3 is 25.0 Å². The van der Waals surface area contributed by atoms with Gasteiger partial charge in [-0.3, -0.25) is 14.6 Å². The summed E-state index contributed by atoms with van der Waals surface area (Å²) < 4.78 is 28.1. The van der Waals surface area contributed by atoms with Gasteiger partial charge in [0.2, 0.25) is 5.91 Å². The van der Waals surface area contributed by atoms with Gasteiger partial charge >= 0.3 is 12.0 Å². The molecule has 0 unspecified atom stereocenters. The Labute approximate surface area is 250 Å². The Bertz CT molecular complexity index is 1660. The summed E-state index contributed by atoms with van der Waals surface area (Å²) in [5.74, 6) is -0.669. The van der Waals surface area contributed by atoms with Crippen molar-refractivity contribution in [1.82, 2.24) is 30.2 Å². The molecule has 4 heterocycles. The second kappa shape index (κ2) is 12.3. The minimum Gasteiger partial charge on any atom is -0.466 e. The van der Waals surface area contributed by atoms with E-state index in [0.29, 0.717) is 59.9 Å². The van der Waals surface area contributed by atoms with Crippen LogP contribution in [0.2, 0.25) is 0 Å². The fraction of sp³-hybridized carbons (Fsp3) is 0.379. The van der Waals surface area contributed by atoms with E-state index < -0.39 is 5.82 Å². The first-order chi connectivity index (χ1) is 20.9. The number of nitrogens with one attached hydrogen (secondary N) is 2. The standard InChI is InChI=1S/C29H30FN7O5S/c1-2-41-28(39)17-8-11-36(12-9-17)26(38)16-37-15-22(34-35-37)25-14-21-27(43-25)24(7-10-31-21)42-23-6-5-19(13-20(23)30)33-29(40)32-18-3-4-18/h5-7,10,13-15,17-18H,2-4,8-9,11-12,16H2,1H3,(H2,32,33,40). The zero-order valence-electron chi connectivity index (χ0n) is 23.4. The molecule has 2 N–H and O–H groups in total. The van der Waals surface area contributed by atoms with Gasteiger partial charge in [0.1, 0.15) is 18.0 Å². The number of pyridine rings is 1. The molecular formula is C29H30FN7O5S. The molecular weight excluding hydrogens is 577 g/mol. The van der Waals surface area contributed by atoms with Gasteiger partial charge in [0.15, 0.2) is 11.6 Å². The Balaban J connectivity index is 1.10. The highest BCUT2D eigenvalue weighted by Gasteiger charge is 2.28. The van der Waals surface area contributed by atoms with Crippen LogP contribution < -0.4 is 15.4 Å². The van der Waals surface area contributed by atoms with Crippen LogP contribution in [-0.4, -0.2) is 68.5 Å². The third kappa shape index (κ3) is 6.74. The number of hydrogen-bond donors (Lipinski definition) is 2. The topological polar surface area (TPSA) is 141 Å². The zero-order chi connectivity index (χ0) is 29.9. The van der Waals surface area contributed by atoms with E-state index in [1.807, 2.05) is 6.07 Å². The summed E-state index contributed by atoms with van der Waals surface area (Å²) in [6.07, 6.45) is 6.34. The molecule has 2 aliphatic rings. The van der Waals surface area contributed by atoms with Crippen molar-refractivity contribution in [3.8, 4) is 22.1 Å². The molecule has 14 heteroatoms. The number of halogens is 1. The number of rotatable bonds is 9. The lowest BCUT2D eigenvalue weighted by atomic mass is 9.97. The van der Waals surface area contributed by atoms with Crippen molar-refractivity contribution in [2.45, 2.75) is 45.2 Å². The number of likely N-dealkylation sites (tertiary alicyclic amines) is 1. The summed E-state index contributed by atoms with van der Waals surface area (Å²) in [6.45, 7) is 3.14. The number of nitrogens with zero attached hydrogens (tertiary/aromatic N) is 5.